The van der Waals surface area contributed by atoms with Crippen LogP contribution >= 0.6 is 0 Å². The number of fused-ring (bicyclic) bond motifs is 2. The highest BCUT2D eigenvalue weighted by Crippen LogP contribution is 2.35. The van der Waals surface area contributed by atoms with Crippen LogP contribution in [-0.4, -0.2) is 4.98 Å². The zero-order chi connectivity index (χ0) is 17.3. The van der Waals surface area contributed by atoms with Crippen LogP contribution in [0.3, 0.4) is 0 Å². The Hall–Kier alpha value is -2.80. The predicted molar refractivity (Wildman–Crippen MR) is 110 cm³/mol. The summed E-state index contributed by atoms with van der Waals surface area (Å²) in [6.07, 6.45) is 6.02. The van der Waals surface area contributed by atoms with Gasteiger partial charge < -0.3 is 4.98 Å². The maximum Gasteiger partial charge on any atom is 0.0491 e. The van der Waals surface area contributed by atoms with E-state index in [1.807, 2.05) is 0 Å². The van der Waals surface area contributed by atoms with Gasteiger partial charge in [-0.1, -0.05) is 66.7 Å². The van der Waals surface area contributed by atoms with Gasteiger partial charge in [0.1, 0.15) is 0 Å². The molecule has 1 heteroatoms. The number of rotatable bonds is 3. The minimum absolute atomic E-state index is 0.997. The molecular formula is C25H23N. The van der Waals surface area contributed by atoms with Crippen molar-refractivity contribution in [2.75, 3.05) is 0 Å². The topological polar surface area (TPSA) is 15.8 Å². The van der Waals surface area contributed by atoms with Gasteiger partial charge in [-0.2, -0.15) is 0 Å². The van der Waals surface area contributed by atoms with Gasteiger partial charge in [-0.15, -0.1) is 0 Å². The molecule has 0 saturated carbocycles. The lowest BCUT2D eigenvalue weighted by Gasteiger charge is -2.14. The number of aromatic amines is 1. The normalized spacial score (nSPS) is 13.7. The standard InChI is InChI=1S/C25H23N/c1-2-8-18(9-3-1)16-24-22-12-6-7-13-23(22)25(26-24)21-15-14-19-10-4-5-11-20(19)17-21/h1-5,8-11,14-15,17,26H,6-7,12-13,16H2. The van der Waals surface area contributed by atoms with E-state index in [2.05, 4.69) is 77.8 Å². The Bertz CT molecular complexity index is 1060. The minimum atomic E-state index is 0.997. The second-order valence-electron chi connectivity index (χ2n) is 7.37. The van der Waals surface area contributed by atoms with Crippen LogP contribution in [0.1, 0.15) is 35.2 Å². The van der Waals surface area contributed by atoms with Gasteiger partial charge in [-0.05, 0) is 64.8 Å². The highest BCUT2D eigenvalue weighted by molar-refractivity contribution is 5.87. The second-order valence-corrected chi connectivity index (χ2v) is 7.37. The van der Waals surface area contributed by atoms with Gasteiger partial charge >= 0.3 is 0 Å². The summed E-state index contributed by atoms with van der Waals surface area (Å²) in [5, 5.41) is 2.62. The smallest absolute Gasteiger partial charge is 0.0491 e. The average Bonchev–Trinajstić information content (AvgIpc) is 3.07. The Balaban J connectivity index is 1.61. The first kappa shape index (κ1) is 15.5. The lowest BCUT2D eigenvalue weighted by Crippen LogP contribution is -2.03. The van der Waals surface area contributed by atoms with Crippen LogP contribution < -0.4 is 0 Å². The molecule has 1 aromatic heterocycles. The van der Waals surface area contributed by atoms with Gasteiger partial charge in [0, 0.05) is 17.8 Å². The molecule has 0 amide bonds. The van der Waals surface area contributed by atoms with Gasteiger partial charge in [0.15, 0.2) is 0 Å². The van der Waals surface area contributed by atoms with Crippen molar-refractivity contribution in [3.05, 3.63) is 95.2 Å². The molecule has 4 aromatic rings. The van der Waals surface area contributed by atoms with Gasteiger partial charge in [-0.25, -0.2) is 0 Å². The van der Waals surface area contributed by atoms with E-state index in [0.717, 1.165) is 6.42 Å². The molecule has 1 heterocycles. The third-order valence-electron chi connectivity index (χ3n) is 5.67. The molecule has 1 N–H and O–H groups in total. The number of aromatic nitrogens is 1. The molecular weight excluding hydrogens is 314 g/mol. The fourth-order valence-electron chi connectivity index (χ4n) is 4.36. The Morgan fingerprint density at radius 2 is 1.42 bits per heavy atom. The number of nitrogens with one attached hydrogen (secondary N) is 1. The lowest BCUT2D eigenvalue weighted by atomic mass is 9.89. The van der Waals surface area contributed by atoms with Gasteiger partial charge in [0.25, 0.3) is 0 Å². The first-order valence-electron chi connectivity index (χ1n) is 9.64. The lowest BCUT2D eigenvalue weighted by molar-refractivity contribution is 0.686. The van der Waals surface area contributed by atoms with Crippen LogP contribution in [0.15, 0.2) is 72.8 Å². The minimum Gasteiger partial charge on any atom is -0.358 e. The zero-order valence-electron chi connectivity index (χ0n) is 15.0. The third-order valence-corrected chi connectivity index (χ3v) is 5.67. The van der Waals surface area contributed by atoms with Crippen LogP contribution in [0.2, 0.25) is 0 Å². The molecule has 0 bridgehead atoms. The van der Waals surface area contributed by atoms with Crippen LogP contribution in [0.4, 0.5) is 0 Å². The van der Waals surface area contributed by atoms with E-state index in [1.54, 1.807) is 11.1 Å². The molecule has 3 aromatic carbocycles. The molecule has 1 aliphatic carbocycles. The van der Waals surface area contributed by atoms with Gasteiger partial charge in [0.05, 0.1) is 0 Å². The second kappa shape index (κ2) is 6.49. The summed E-state index contributed by atoms with van der Waals surface area (Å²) >= 11 is 0. The summed E-state index contributed by atoms with van der Waals surface area (Å²) in [6.45, 7) is 0. The van der Waals surface area contributed by atoms with Crippen LogP contribution in [0.25, 0.3) is 22.0 Å². The summed E-state index contributed by atoms with van der Waals surface area (Å²) in [6, 6.07) is 26.3. The molecule has 0 aliphatic heterocycles. The molecule has 128 valence electrons. The van der Waals surface area contributed by atoms with Crippen molar-refractivity contribution in [3.8, 4) is 11.3 Å². The maximum absolute atomic E-state index is 3.82. The summed E-state index contributed by atoms with van der Waals surface area (Å²) in [5.41, 5.74) is 8.58. The Kier molecular flexibility index (Phi) is 3.86. The Labute approximate surface area is 154 Å². The number of H-pyrrole nitrogens is 1. The molecule has 0 radical (unpaired) electrons. The monoisotopic (exact) mass is 337 g/mol. The molecule has 1 nitrogen and oxygen atoms in total. The molecule has 0 spiro atoms. The van der Waals surface area contributed by atoms with E-state index < -0.39 is 0 Å². The summed E-state index contributed by atoms with van der Waals surface area (Å²) in [4.78, 5) is 3.82. The molecule has 26 heavy (non-hydrogen) atoms. The fourth-order valence-corrected chi connectivity index (χ4v) is 4.36. The van der Waals surface area contributed by atoms with Gasteiger partial charge in [0.2, 0.25) is 0 Å². The molecule has 0 atom stereocenters. The first-order chi connectivity index (χ1) is 12.9. The van der Waals surface area contributed by atoms with Crippen molar-refractivity contribution in [1.82, 2.24) is 4.98 Å². The highest BCUT2D eigenvalue weighted by atomic mass is 14.7. The van der Waals surface area contributed by atoms with Crippen molar-refractivity contribution in [2.24, 2.45) is 0 Å². The Morgan fingerprint density at radius 1 is 0.692 bits per heavy atom. The average molecular weight is 337 g/mol. The van der Waals surface area contributed by atoms with Crippen molar-refractivity contribution in [2.45, 2.75) is 32.1 Å². The third kappa shape index (κ3) is 2.74. The van der Waals surface area contributed by atoms with E-state index >= 15 is 0 Å². The molecule has 1 aliphatic rings. The van der Waals surface area contributed by atoms with E-state index in [4.69, 9.17) is 0 Å². The largest absolute Gasteiger partial charge is 0.358 e. The zero-order valence-corrected chi connectivity index (χ0v) is 15.0. The van der Waals surface area contributed by atoms with Crippen molar-refractivity contribution in [1.29, 1.82) is 0 Å². The number of benzene rings is 3. The van der Waals surface area contributed by atoms with E-state index in [-0.39, 0.29) is 0 Å². The SMILES string of the molecule is c1ccc(Cc2[nH]c(-c3ccc4ccccc4c3)c3c2CCCC3)cc1. The van der Waals surface area contributed by atoms with E-state index in [1.165, 1.54) is 59.0 Å². The van der Waals surface area contributed by atoms with Gasteiger partial charge in [-0.3, -0.25) is 0 Å². The van der Waals surface area contributed by atoms with Crippen molar-refractivity contribution in [3.63, 3.8) is 0 Å². The summed E-state index contributed by atoms with van der Waals surface area (Å²) in [7, 11) is 0. The van der Waals surface area contributed by atoms with Crippen LogP contribution in [0, 0.1) is 0 Å². The molecule has 5 rings (SSSR count). The quantitative estimate of drug-likeness (QED) is 0.451. The molecule has 0 fully saturated rings. The summed E-state index contributed by atoms with van der Waals surface area (Å²) in [5.74, 6) is 0. The van der Waals surface area contributed by atoms with Crippen LogP contribution in [-0.2, 0) is 19.3 Å². The first-order valence-corrected chi connectivity index (χ1v) is 9.64. The van der Waals surface area contributed by atoms with E-state index in [9.17, 15) is 0 Å². The maximum atomic E-state index is 3.82. The predicted octanol–water partition coefficient (Wildman–Crippen LogP) is 6.30. The van der Waals surface area contributed by atoms with Crippen LogP contribution in [0.5, 0.6) is 0 Å². The Morgan fingerprint density at radius 3 is 2.27 bits per heavy atom. The van der Waals surface area contributed by atoms with Crippen molar-refractivity contribution >= 4 is 10.8 Å². The summed E-state index contributed by atoms with van der Waals surface area (Å²) < 4.78 is 0. The molecule has 0 saturated heterocycles. The number of hydrogen-bond donors (Lipinski definition) is 1. The molecule has 0 unspecified atom stereocenters. The van der Waals surface area contributed by atoms with Crippen molar-refractivity contribution < 1.29 is 0 Å². The van der Waals surface area contributed by atoms with E-state index in [0.29, 0.717) is 0 Å². The fraction of sp³-hybridized carbons (Fsp3) is 0.200. The number of hydrogen-bond acceptors (Lipinski definition) is 0. The highest BCUT2D eigenvalue weighted by Gasteiger charge is 2.21.